The molecular formula is C11H14O4S. The second kappa shape index (κ2) is 5.23. The highest BCUT2D eigenvalue weighted by Gasteiger charge is 2.18. The fourth-order valence-electron chi connectivity index (χ4n) is 1.24. The van der Waals surface area contributed by atoms with E-state index in [1.54, 1.807) is 12.1 Å². The predicted octanol–water partition coefficient (Wildman–Crippen LogP) is 0.720. The van der Waals surface area contributed by atoms with Gasteiger partial charge in [-0.3, -0.25) is 4.79 Å². The van der Waals surface area contributed by atoms with Gasteiger partial charge in [-0.2, -0.15) is 0 Å². The minimum Gasteiger partial charge on any atom is -0.396 e. The molecule has 0 aromatic heterocycles. The average Bonchev–Trinajstić information content (AvgIpc) is 2.17. The molecule has 0 atom stereocenters. The third-order valence-electron chi connectivity index (χ3n) is 2.12. The van der Waals surface area contributed by atoms with E-state index in [9.17, 15) is 13.2 Å². The molecule has 0 heterocycles. The number of aliphatic hydroxyl groups is 1. The molecule has 0 spiro atoms. The maximum atomic E-state index is 11.7. The van der Waals surface area contributed by atoms with Gasteiger partial charge in [0.1, 0.15) is 5.75 Å². The monoisotopic (exact) mass is 242 g/mol. The predicted molar refractivity (Wildman–Crippen MR) is 59.9 cm³/mol. The first-order valence-electron chi connectivity index (χ1n) is 4.87. The van der Waals surface area contributed by atoms with Crippen LogP contribution in [0.2, 0.25) is 0 Å². The van der Waals surface area contributed by atoms with Crippen molar-refractivity contribution in [2.45, 2.75) is 18.2 Å². The number of hydrogen-bond acceptors (Lipinski definition) is 4. The summed E-state index contributed by atoms with van der Waals surface area (Å²) in [4.78, 5) is 11.3. The molecule has 1 rings (SSSR count). The van der Waals surface area contributed by atoms with Crippen LogP contribution in [0.3, 0.4) is 0 Å². The first kappa shape index (κ1) is 12.9. The summed E-state index contributed by atoms with van der Waals surface area (Å²) in [5, 5.41) is 8.52. The van der Waals surface area contributed by atoms with E-state index < -0.39 is 21.4 Å². The number of hydrogen-bond donors (Lipinski definition) is 1. The van der Waals surface area contributed by atoms with Gasteiger partial charge in [-0.25, -0.2) is 8.42 Å². The van der Waals surface area contributed by atoms with Gasteiger partial charge in [0.2, 0.25) is 0 Å². The van der Waals surface area contributed by atoms with Crippen LogP contribution < -0.4 is 0 Å². The molecule has 0 saturated heterocycles. The van der Waals surface area contributed by atoms with Gasteiger partial charge in [-0.1, -0.05) is 17.7 Å². The zero-order chi connectivity index (χ0) is 12.2. The Balaban J connectivity index is 2.86. The zero-order valence-electron chi connectivity index (χ0n) is 9.01. The minimum absolute atomic E-state index is 0.120. The third-order valence-corrected chi connectivity index (χ3v) is 3.81. The van der Waals surface area contributed by atoms with E-state index in [2.05, 4.69) is 0 Å². The van der Waals surface area contributed by atoms with Gasteiger partial charge in [-0.05, 0) is 19.1 Å². The molecule has 0 aliphatic carbocycles. The lowest BCUT2D eigenvalue weighted by Gasteiger charge is -2.03. The standard InChI is InChI=1S/C11H14O4S/c1-9-2-4-11(5-3-9)16(14,15)8-10(13)6-7-12/h2-5,12H,6-8H2,1H3. The molecule has 0 fully saturated rings. The summed E-state index contributed by atoms with van der Waals surface area (Å²) in [6.07, 6.45) is -0.120. The van der Waals surface area contributed by atoms with Crippen molar-refractivity contribution in [3.05, 3.63) is 29.8 Å². The van der Waals surface area contributed by atoms with Crippen molar-refractivity contribution in [3.63, 3.8) is 0 Å². The van der Waals surface area contributed by atoms with Crippen LogP contribution in [0.15, 0.2) is 29.2 Å². The zero-order valence-corrected chi connectivity index (χ0v) is 9.83. The number of ketones is 1. The molecule has 4 nitrogen and oxygen atoms in total. The molecule has 88 valence electrons. The molecule has 16 heavy (non-hydrogen) atoms. The maximum Gasteiger partial charge on any atom is 0.185 e. The van der Waals surface area contributed by atoms with Crippen molar-refractivity contribution in [1.29, 1.82) is 0 Å². The van der Waals surface area contributed by atoms with Gasteiger partial charge in [0, 0.05) is 13.0 Å². The topological polar surface area (TPSA) is 71.4 Å². The number of carbonyl (C=O) groups excluding carboxylic acids is 1. The van der Waals surface area contributed by atoms with Gasteiger partial charge < -0.3 is 5.11 Å². The normalized spacial score (nSPS) is 11.4. The summed E-state index contributed by atoms with van der Waals surface area (Å²) in [7, 11) is -3.56. The van der Waals surface area contributed by atoms with Gasteiger partial charge in [0.25, 0.3) is 0 Å². The Kier molecular flexibility index (Phi) is 4.20. The maximum absolute atomic E-state index is 11.7. The van der Waals surface area contributed by atoms with Gasteiger partial charge in [0.05, 0.1) is 4.90 Å². The molecule has 5 heteroatoms. The summed E-state index contributed by atoms with van der Waals surface area (Å²) in [6.45, 7) is 1.54. The number of rotatable bonds is 5. The first-order chi connectivity index (χ1) is 7.45. The number of benzene rings is 1. The second-order valence-corrected chi connectivity index (χ2v) is 5.57. The Bertz CT molecular complexity index is 459. The van der Waals surface area contributed by atoms with E-state index in [0.717, 1.165) is 5.56 Å². The number of sulfone groups is 1. The summed E-state index contributed by atoms with van der Waals surface area (Å²) in [6, 6.07) is 6.33. The quantitative estimate of drug-likeness (QED) is 0.826. The van der Waals surface area contributed by atoms with Crippen LogP contribution in [0.4, 0.5) is 0 Å². The highest BCUT2D eigenvalue weighted by molar-refractivity contribution is 7.92. The van der Waals surface area contributed by atoms with E-state index in [0.29, 0.717) is 0 Å². The van der Waals surface area contributed by atoms with E-state index in [1.165, 1.54) is 12.1 Å². The molecular weight excluding hydrogens is 228 g/mol. The van der Waals surface area contributed by atoms with Crippen molar-refractivity contribution in [2.24, 2.45) is 0 Å². The fraction of sp³-hybridized carbons (Fsp3) is 0.364. The smallest absolute Gasteiger partial charge is 0.185 e. The van der Waals surface area contributed by atoms with Crippen molar-refractivity contribution in [1.82, 2.24) is 0 Å². The molecule has 0 saturated carbocycles. The highest BCUT2D eigenvalue weighted by Crippen LogP contribution is 2.12. The van der Waals surface area contributed by atoms with E-state index >= 15 is 0 Å². The molecule has 0 aliphatic rings. The van der Waals surface area contributed by atoms with Crippen LogP contribution in [-0.4, -0.2) is 31.7 Å². The molecule has 0 aliphatic heterocycles. The number of carbonyl (C=O) groups is 1. The summed E-state index contributed by atoms with van der Waals surface area (Å²) < 4.78 is 23.5. The fourth-order valence-corrected chi connectivity index (χ4v) is 2.52. The van der Waals surface area contributed by atoms with Gasteiger partial charge >= 0.3 is 0 Å². The Morgan fingerprint density at radius 2 is 1.81 bits per heavy atom. The Morgan fingerprint density at radius 3 is 2.31 bits per heavy atom. The lowest BCUT2D eigenvalue weighted by atomic mass is 10.2. The van der Waals surface area contributed by atoms with Crippen molar-refractivity contribution in [3.8, 4) is 0 Å². The average molecular weight is 242 g/mol. The van der Waals surface area contributed by atoms with Crippen LogP contribution in [0.5, 0.6) is 0 Å². The lowest BCUT2D eigenvalue weighted by molar-refractivity contribution is -0.117. The van der Waals surface area contributed by atoms with Crippen molar-refractivity contribution in [2.75, 3.05) is 12.4 Å². The van der Waals surface area contributed by atoms with Crippen LogP contribution in [0.25, 0.3) is 0 Å². The summed E-state index contributed by atoms with van der Waals surface area (Å²) >= 11 is 0. The van der Waals surface area contributed by atoms with E-state index in [-0.39, 0.29) is 17.9 Å². The molecule has 1 N–H and O–H groups in total. The molecule has 0 radical (unpaired) electrons. The SMILES string of the molecule is Cc1ccc(S(=O)(=O)CC(=O)CCO)cc1. The largest absolute Gasteiger partial charge is 0.396 e. The third kappa shape index (κ3) is 3.43. The Labute approximate surface area is 94.8 Å². The molecule has 0 bridgehead atoms. The van der Waals surface area contributed by atoms with Crippen LogP contribution in [0, 0.1) is 6.92 Å². The Morgan fingerprint density at radius 1 is 1.25 bits per heavy atom. The minimum atomic E-state index is -3.56. The summed E-state index contributed by atoms with van der Waals surface area (Å²) in [5.41, 5.74) is 0.959. The first-order valence-corrected chi connectivity index (χ1v) is 6.53. The second-order valence-electron chi connectivity index (χ2n) is 3.58. The van der Waals surface area contributed by atoms with Crippen molar-refractivity contribution >= 4 is 15.6 Å². The molecule has 1 aromatic rings. The number of aliphatic hydroxyl groups excluding tert-OH is 1. The number of Topliss-reactive ketones (excluding diaryl/α,β-unsaturated/α-hetero) is 1. The lowest BCUT2D eigenvalue weighted by Crippen LogP contribution is -2.17. The highest BCUT2D eigenvalue weighted by atomic mass is 32.2. The van der Waals surface area contributed by atoms with Gasteiger partial charge in [-0.15, -0.1) is 0 Å². The molecule has 1 aromatic carbocycles. The van der Waals surface area contributed by atoms with Crippen molar-refractivity contribution < 1.29 is 18.3 Å². The molecule has 0 amide bonds. The number of aryl methyl sites for hydroxylation is 1. The summed E-state index contributed by atoms with van der Waals surface area (Å²) in [5.74, 6) is -1.01. The molecule has 0 unspecified atom stereocenters. The van der Waals surface area contributed by atoms with Crippen LogP contribution in [0.1, 0.15) is 12.0 Å². The van der Waals surface area contributed by atoms with E-state index in [1.807, 2.05) is 6.92 Å². The van der Waals surface area contributed by atoms with E-state index in [4.69, 9.17) is 5.11 Å². The van der Waals surface area contributed by atoms with Gasteiger partial charge in [0.15, 0.2) is 15.6 Å². The van der Waals surface area contributed by atoms with Crippen LogP contribution >= 0.6 is 0 Å². The Hall–Kier alpha value is -1.20. The van der Waals surface area contributed by atoms with Crippen LogP contribution in [-0.2, 0) is 14.6 Å².